The summed E-state index contributed by atoms with van der Waals surface area (Å²) in [6.45, 7) is 2.23. The summed E-state index contributed by atoms with van der Waals surface area (Å²) in [5.74, 6) is -0.632. The van der Waals surface area contributed by atoms with Gasteiger partial charge in [0.1, 0.15) is 18.4 Å². The predicted molar refractivity (Wildman–Crippen MR) is 86.1 cm³/mol. The van der Waals surface area contributed by atoms with E-state index in [0.29, 0.717) is 12.1 Å². The molecule has 5 nitrogen and oxygen atoms in total. The highest BCUT2D eigenvalue weighted by molar-refractivity contribution is 5.94. The molecule has 1 aliphatic heterocycles. The van der Waals surface area contributed by atoms with Crippen LogP contribution in [0.25, 0.3) is 0 Å². The first-order valence-corrected chi connectivity index (χ1v) is 7.77. The van der Waals surface area contributed by atoms with Crippen LogP contribution in [0.5, 0.6) is 0 Å². The lowest BCUT2D eigenvalue weighted by molar-refractivity contribution is -0.156. The minimum absolute atomic E-state index is 0.00742. The number of carbonyl (C=O) groups is 2. The van der Waals surface area contributed by atoms with Crippen molar-refractivity contribution in [1.82, 2.24) is 14.8 Å². The molecule has 2 heterocycles. The van der Waals surface area contributed by atoms with E-state index in [0.717, 1.165) is 5.69 Å². The Morgan fingerprint density at radius 3 is 2.71 bits per heavy atom. The molecule has 0 unspecified atom stereocenters. The smallest absolute Gasteiger partial charge is 0.245 e. The summed E-state index contributed by atoms with van der Waals surface area (Å²) in [4.78, 5) is 32.2. The van der Waals surface area contributed by atoms with Crippen LogP contribution < -0.4 is 0 Å². The Labute approximate surface area is 139 Å². The third-order valence-electron chi connectivity index (χ3n) is 4.10. The molecule has 2 aromatic rings. The summed E-state index contributed by atoms with van der Waals surface area (Å²) < 4.78 is 13.3. The maximum atomic E-state index is 13.3. The Hall–Kier alpha value is -2.76. The number of carbonyl (C=O) groups excluding carboxylic acids is 2. The number of pyridine rings is 1. The minimum Gasteiger partial charge on any atom is -0.327 e. The van der Waals surface area contributed by atoms with E-state index in [1.807, 2.05) is 12.1 Å². The van der Waals surface area contributed by atoms with Crippen LogP contribution in [0, 0.1) is 5.82 Å². The Kier molecular flexibility index (Phi) is 4.55. The summed E-state index contributed by atoms with van der Waals surface area (Å²) in [6, 6.07) is 11.0. The van der Waals surface area contributed by atoms with Crippen molar-refractivity contribution in [2.75, 3.05) is 6.54 Å². The van der Waals surface area contributed by atoms with E-state index in [9.17, 15) is 14.0 Å². The molecule has 1 aliphatic rings. The fourth-order valence-electron chi connectivity index (χ4n) is 2.83. The number of hydrogen-bond donors (Lipinski definition) is 0. The second-order valence-electron chi connectivity index (χ2n) is 5.84. The highest BCUT2D eigenvalue weighted by atomic mass is 19.1. The first kappa shape index (κ1) is 16.1. The predicted octanol–water partition coefficient (Wildman–Crippen LogP) is 1.98. The van der Waals surface area contributed by atoms with Gasteiger partial charge in [0.05, 0.1) is 12.2 Å². The summed E-state index contributed by atoms with van der Waals surface area (Å²) in [7, 11) is 0. The quantitative estimate of drug-likeness (QED) is 0.863. The molecule has 3 rings (SSSR count). The molecule has 0 saturated carbocycles. The molecule has 0 bridgehead atoms. The Morgan fingerprint density at radius 1 is 1.17 bits per heavy atom. The van der Waals surface area contributed by atoms with Crippen LogP contribution in [0.3, 0.4) is 0 Å². The topological polar surface area (TPSA) is 53.5 Å². The largest absolute Gasteiger partial charge is 0.327 e. The standard InChI is InChI=1S/C18H18FN3O2/c1-13-18(24)21(10-14-5-4-6-15(19)9-14)12-17(23)22(13)11-16-7-2-3-8-20-16/h2-9,13H,10-12H2,1H3/t13-/m0/s1. The Bertz CT molecular complexity index is 751. The third-order valence-corrected chi connectivity index (χ3v) is 4.10. The van der Waals surface area contributed by atoms with Gasteiger partial charge in [-0.15, -0.1) is 0 Å². The molecule has 1 atom stereocenters. The average Bonchev–Trinajstić information content (AvgIpc) is 2.57. The van der Waals surface area contributed by atoms with Gasteiger partial charge in [-0.2, -0.15) is 0 Å². The Morgan fingerprint density at radius 2 is 2.00 bits per heavy atom. The monoisotopic (exact) mass is 327 g/mol. The van der Waals surface area contributed by atoms with Crippen LogP contribution in [-0.2, 0) is 22.7 Å². The second-order valence-corrected chi connectivity index (χ2v) is 5.84. The molecule has 124 valence electrons. The zero-order valence-corrected chi connectivity index (χ0v) is 13.4. The van der Waals surface area contributed by atoms with E-state index in [2.05, 4.69) is 4.98 Å². The van der Waals surface area contributed by atoms with Gasteiger partial charge in [-0.05, 0) is 36.8 Å². The van der Waals surface area contributed by atoms with Gasteiger partial charge in [0.2, 0.25) is 11.8 Å². The number of aromatic nitrogens is 1. The van der Waals surface area contributed by atoms with E-state index < -0.39 is 6.04 Å². The van der Waals surface area contributed by atoms with Crippen molar-refractivity contribution in [3.63, 3.8) is 0 Å². The molecule has 2 amide bonds. The SMILES string of the molecule is C[C@H]1C(=O)N(Cc2cccc(F)c2)CC(=O)N1Cc1ccccn1. The molecule has 0 radical (unpaired) electrons. The van der Waals surface area contributed by atoms with Crippen molar-refractivity contribution in [3.8, 4) is 0 Å². The maximum Gasteiger partial charge on any atom is 0.245 e. The molecule has 24 heavy (non-hydrogen) atoms. The van der Waals surface area contributed by atoms with E-state index in [4.69, 9.17) is 0 Å². The van der Waals surface area contributed by atoms with Crippen molar-refractivity contribution in [1.29, 1.82) is 0 Å². The van der Waals surface area contributed by atoms with E-state index in [-0.39, 0.29) is 30.7 Å². The van der Waals surface area contributed by atoms with Crippen molar-refractivity contribution in [2.45, 2.75) is 26.1 Å². The second kappa shape index (κ2) is 6.78. The fourth-order valence-corrected chi connectivity index (χ4v) is 2.83. The molecule has 6 heteroatoms. The van der Waals surface area contributed by atoms with Gasteiger partial charge in [0.25, 0.3) is 0 Å². The number of piperazine rings is 1. The lowest BCUT2D eigenvalue weighted by atomic mass is 10.1. The van der Waals surface area contributed by atoms with Gasteiger partial charge >= 0.3 is 0 Å². The van der Waals surface area contributed by atoms with Gasteiger partial charge < -0.3 is 9.80 Å². The molecular formula is C18H18FN3O2. The average molecular weight is 327 g/mol. The lowest BCUT2D eigenvalue weighted by Crippen LogP contribution is -2.58. The number of halogens is 1. The van der Waals surface area contributed by atoms with Crippen LogP contribution in [0.1, 0.15) is 18.2 Å². The van der Waals surface area contributed by atoms with E-state index >= 15 is 0 Å². The molecule has 0 N–H and O–H groups in total. The number of benzene rings is 1. The van der Waals surface area contributed by atoms with Crippen LogP contribution in [0.2, 0.25) is 0 Å². The highest BCUT2D eigenvalue weighted by Gasteiger charge is 2.36. The first-order valence-electron chi connectivity index (χ1n) is 7.77. The van der Waals surface area contributed by atoms with Crippen LogP contribution in [0.15, 0.2) is 48.7 Å². The maximum absolute atomic E-state index is 13.3. The van der Waals surface area contributed by atoms with Gasteiger partial charge in [-0.25, -0.2) is 4.39 Å². The number of amides is 2. The van der Waals surface area contributed by atoms with Gasteiger partial charge in [0.15, 0.2) is 0 Å². The number of nitrogens with zero attached hydrogens (tertiary/aromatic N) is 3. The molecule has 0 spiro atoms. The van der Waals surface area contributed by atoms with Crippen molar-refractivity contribution >= 4 is 11.8 Å². The highest BCUT2D eigenvalue weighted by Crippen LogP contribution is 2.18. The van der Waals surface area contributed by atoms with Crippen molar-refractivity contribution in [2.24, 2.45) is 0 Å². The molecule has 0 aliphatic carbocycles. The van der Waals surface area contributed by atoms with Gasteiger partial charge in [-0.1, -0.05) is 18.2 Å². The molecule has 1 aromatic carbocycles. The third kappa shape index (κ3) is 3.42. The molecular weight excluding hydrogens is 309 g/mol. The molecule has 1 fully saturated rings. The van der Waals surface area contributed by atoms with Crippen molar-refractivity contribution in [3.05, 3.63) is 65.7 Å². The van der Waals surface area contributed by atoms with Crippen LogP contribution in [0.4, 0.5) is 4.39 Å². The number of hydrogen-bond acceptors (Lipinski definition) is 3. The van der Waals surface area contributed by atoms with E-state index in [1.165, 1.54) is 21.9 Å². The van der Waals surface area contributed by atoms with Gasteiger partial charge in [0, 0.05) is 12.7 Å². The Balaban J connectivity index is 1.72. The summed E-state index contributed by atoms with van der Waals surface area (Å²) in [5.41, 5.74) is 1.41. The first-order chi connectivity index (χ1) is 11.5. The normalized spacial score (nSPS) is 18.2. The van der Waals surface area contributed by atoms with Crippen LogP contribution >= 0.6 is 0 Å². The minimum atomic E-state index is -0.568. The lowest BCUT2D eigenvalue weighted by Gasteiger charge is -2.38. The summed E-state index contributed by atoms with van der Waals surface area (Å²) in [6.07, 6.45) is 1.66. The molecule has 1 saturated heterocycles. The van der Waals surface area contributed by atoms with E-state index in [1.54, 1.807) is 31.3 Å². The zero-order chi connectivity index (χ0) is 17.1. The van der Waals surface area contributed by atoms with Gasteiger partial charge in [-0.3, -0.25) is 14.6 Å². The zero-order valence-electron chi connectivity index (χ0n) is 13.4. The fraction of sp³-hybridized carbons (Fsp3) is 0.278. The molecule has 1 aromatic heterocycles. The van der Waals surface area contributed by atoms with Crippen molar-refractivity contribution < 1.29 is 14.0 Å². The van der Waals surface area contributed by atoms with Crippen LogP contribution in [-0.4, -0.2) is 39.2 Å². The summed E-state index contributed by atoms with van der Waals surface area (Å²) >= 11 is 0. The summed E-state index contributed by atoms with van der Waals surface area (Å²) in [5, 5.41) is 0. The number of rotatable bonds is 4.